The molecular formula is C16H21NO4S. The third kappa shape index (κ3) is 3.94. The summed E-state index contributed by atoms with van der Waals surface area (Å²) in [4.78, 5) is 26.3. The summed E-state index contributed by atoms with van der Waals surface area (Å²) in [5, 5.41) is 9.25. The van der Waals surface area contributed by atoms with Gasteiger partial charge >= 0.3 is 5.97 Å². The van der Waals surface area contributed by atoms with Crippen LogP contribution in [0.5, 0.6) is 5.75 Å². The van der Waals surface area contributed by atoms with Crippen LogP contribution in [0.15, 0.2) is 29.2 Å². The Morgan fingerprint density at radius 1 is 1.32 bits per heavy atom. The molecule has 1 aromatic carbocycles. The Balaban J connectivity index is 2.02. The summed E-state index contributed by atoms with van der Waals surface area (Å²) in [5.74, 6) is -0.590. The lowest BCUT2D eigenvalue weighted by Gasteiger charge is -2.34. The number of hydrogen-bond acceptors (Lipinski definition) is 4. The van der Waals surface area contributed by atoms with Crippen LogP contribution in [-0.4, -0.2) is 46.8 Å². The van der Waals surface area contributed by atoms with Crippen LogP contribution in [0, 0.1) is 0 Å². The van der Waals surface area contributed by atoms with Gasteiger partial charge in [0.2, 0.25) is 0 Å². The van der Waals surface area contributed by atoms with Gasteiger partial charge in [0.15, 0.2) is 6.10 Å². The Hall–Kier alpha value is -1.69. The summed E-state index contributed by atoms with van der Waals surface area (Å²) in [6.45, 7) is 2.15. The van der Waals surface area contributed by atoms with Gasteiger partial charge in [0.1, 0.15) is 11.8 Å². The van der Waals surface area contributed by atoms with Gasteiger partial charge < -0.3 is 14.7 Å². The summed E-state index contributed by atoms with van der Waals surface area (Å²) in [6.07, 6.45) is 3.48. The number of likely N-dealkylation sites (tertiary alicyclic amines) is 1. The number of piperidine rings is 1. The van der Waals surface area contributed by atoms with Crippen molar-refractivity contribution in [1.82, 2.24) is 4.90 Å². The lowest BCUT2D eigenvalue weighted by Crippen LogP contribution is -2.52. The van der Waals surface area contributed by atoms with Crippen LogP contribution in [0.25, 0.3) is 0 Å². The van der Waals surface area contributed by atoms with Crippen molar-refractivity contribution in [2.75, 3.05) is 12.8 Å². The van der Waals surface area contributed by atoms with E-state index in [0.717, 1.165) is 17.7 Å². The van der Waals surface area contributed by atoms with Gasteiger partial charge in [-0.15, -0.1) is 11.8 Å². The molecule has 1 heterocycles. The van der Waals surface area contributed by atoms with Crippen molar-refractivity contribution < 1.29 is 19.4 Å². The fourth-order valence-corrected chi connectivity index (χ4v) is 3.00. The average Bonchev–Trinajstić information content (AvgIpc) is 2.54. The van der Waals surface area contributed by atoms with Gasteiger partial charge in [0.05, 0.1) is 0 Å². The number of carbonyl (C=O) groups is 2. The molecule has 0 saturated carbocycles. The minimum atomic E-state index is -0.940. The Morgan fingerprint density at radius 2 is 2.00 bits per heavy atom. The van der Waals surface area contributed by atoms with E-state index in [0.29, 0.717) is 18.7 Å². The Morgan fingerprint density at radius 3 is 2.59 bits per heavy atom. The molecule has 1 aromatic rings. The van der Waals surface area contributed by atoms with Gasteiger partial charge in [-0.2, -0.15) is 0 Å². The molecule has 0 radical (unpaired) electrons. The lowest BCUT2D eigenvalue weighted by atomic mass is 10.0. The second-order valence-electron chi connectivity index (χ2n) is 5.32. The summed E-state index contributed by atoms with van der Waals surface area (Å²) in [7, 11) is 0. The van der Waals surface area contributed by atoms with Crippen molar-refractivity contribution in [2.24, 2.45) is 0 Å². The number of thioether (sulfide) groups is 1. The highest BCUT2D eigenvalue weighted by Gasteiger charge is 2.34. The van der Waals surface area contributed by atoms with Crippen molar-refractivity contribution in [3.63, 3.8) is 0 Å². The second kappa shape index (κ2) is 7.54. The van der Waals surface area contributed by atoms with Crippen LogP contribution in [0.3, 0.4) is 0 Å². The van der Waals surface area contributed by atoms with E-state index >= 15 is 0 Å². The molecule has 5 nitrogen and oxygen atoms in total. The molecule has 120 valence electrons. The molecule has 2 atom stereocenters. The van der Waals surface area contributed by atoms with Crippen molar-refractivity contribution in [3.8, 4) is 5.75 Å². The zero-order valence-corrected chi connectivity index (χ0v) is 13.6. The van der Waals surface area contributed by atoms with Crippen LogP contribution in [0.2, 0.25) is 0 Å². The first kappa shape index (κ1) is 16.7. The topological polar surface area (TPSA) is 66.8 Å². The van der Waals surface area contributed by atoms with Gasteiger partial charge in [-0.05, 0) is 56.7 Å². The smallest absolute Gasteiger partial charge is 0.326 e. The van der Waals surface area contributed by atoms with Crippen molar-refractivity contribution >= 4 is 23.6 Å². The Labute approximate surface area is 134 Å². The third-order valence-electron chi connectivity index (χ3n) is 3.79. The molecule has 1 aliphatic rings. The zero-order chi connectivity index (χ0) is 16.1. The van der Waals surface area contributed by atoms with Gasteiger partial charge in [-0.25, -0.2) is 4.79 Å². The average molecular weight is 323 g/mol. The van der Waals surface area contributed by atoms with Gasteiger partial charge in [0.25, 0.3) is 5.91 Å². The van der Waals surface area contributed by atoms with Crippen LogP contribution < -0.4 is 4.74 Å². The van der Waals surface area contributed by atoms with E-state index in [1.165, 1.54) is 4.90 Å². The SMILES string of the molecule is CSc1ccc(OC(C)C(=O)N2CCCC[C@@H]2C(=O)O)cc1. The van der Waals surface area contributed by atoms with Crippen LogP contribution in [0.1, 0.15) is 26.2 Å². The molecule has 0 aromatic heterocycles. The maximum Gasteiger partial charge on any atom is 0.326 e. The van der Waals surface area contributed by atoms with E-state index in [-0.39, 0.29) is 5.91 Å². The van der Waals surface area contributed by atoms with Crippen molar-refractivity contribution in [2.45, 2.75) is 43.2 Å². The van der Waals surface area contributed by atoms with E-state index in [1.807, 2.05) is 30.5 Å². The molecule has 1 amide bonds. The molecule has 1 aliphatic heterocycles. The number of carboxylic acid groups (broad SMARTS) is 1. The first-order valence-corrected chi connectivity index (χ1v) is 8.59. The summed E-state index contributed by atoms with van der Waals surface area (Å²) in [5.41, 5.74) is 0. The van der Waals surface area contributed by atoms with E-state index in [4.69, 9.17) is 4.74 Å². The number of carbonyl (C=O) groups excluding carboxylic acids is 1. The molecule has 1 saturated heterocycles. The maximum absolute atomic E-state index is 12.5. The van der Waals surface area contributed by atoms with E-state index < -0.39 is 18.1 Å². The molecule has 1 unspecified atom stereocenters. The Bertz CT molecular complexity index is 531. The maximum atomic E-state index is 12.5. The van der Waals surface area contributed by atoms with Crippen LogP contribution >= 0.6 is 11.8 Å². The molecule has 0 aliphatic carbocycles. The molecule has 0 bridgehead atoms. The number of carboxylic acids is 1. The fraction of sp³-hybridized carbons (Fsp3) is 0.500. The number of nitrogens with zero attached hydrogens (tertiary/aromatic N) is 1. The molecular weight excluding hydrogens is 302 g/mol. The first-order valence-electron chi connectivity index (χ1n) is 7.37. The minimum Gasteiger partial charge on any atom is -0.481 e. The highest BCUT2D eigenvalue weighted by atomic mass is 32.2. The minimum absolute atomic E-state index is 0.263. The standard InChI is InChI=1S/C16H21NO4S/c1-11(21-12-6-8-13(22-2)9-7-12)15(18)17-10-4-3-5-14(17)16(19)20/h6-9,11,14H,3-5,10H2,1-2H3,(H,19,20)/t11?,14-/m1/s1. The molecule has 1 fully saturated rings. The predicted molar refractivity (Wildman–Crippen MR) is 85.3 cm³/mol. The fourth-order valence-electron chi connectivity index (χ4n) is 2.59. The number of amides is 1. The van der Waals surface area contributed by atoms with E-state index in [2.05, 4.69) is 0 Å². The summed E-state index contributed by atoms with van der Waals surface area (Å²) in [6, 6.07) is 6.77. The number of ether oxygens (including phenoxy) is 1. The first-order chi connectivity index (χ1) is 10.5. The molecule has 6 heteroatoms. The summed E-state index contributed by atoms with van der Waals surface area (Å²) >= 11 is 1.63. The number of rotatable bonds is 5. The van der Waals surface area contributed by atoms with Crippen LogP contribution in [0.4, 0.5) is 0 Å². The van der Waals surface area contributed by atoms with Crippen LogP contribution in [-0.2, 0) is 9.59 Å². The second-order valence-corrected chi connectivity index (χ2v) is 6.20. The number of benzene rings is 1. The van der Waals surface area contributed by atoms with E-state index in [1.54, 1.807) is 18.7 Å². The third-order valence-corrected chi connectivity index (χ3v) is 4.53. The normalized spacial score (nSPS) is 19.5. The predicted octanol–water partition coefficient (Wildman–Crippen LogP) is 2.64. The van der Waals surface area contributed by atoms with Crippen molar-refractivity contribution in [1.29, 1.82) is 0 Å². The molecule has 22 heavy (non-hydrogen) atoms. The summed E-state index contributed by atoms with van der Waals surface area (Å²) < 4.78 is 5.66. The lowest BCUT2D eigenvalue weighted by molar-refractivity contribution is -0.155. The molecule has 1 N–H and O–H groups in total. The highest BCUT2D eigenvalue weighted by Crippen LogP contribution is 2.22. The van der Waals surface area contributed by atoms with E-state index in [9.17, 15) is 14.7 Å². The van der Waals surface area contributed by atoms with Gasteiger partial charge in [0, 0.05) is 11.4 Å². The number of aliphatic carboxylic acids is 1. The molecule has 2 rings (SSSR count). The zero-order valence-electron chi connectivity index (χ0n) is 12.8. The largest absolute Gasteiger partial charge is 0.481 e. The molecule has 0 spiro atoms. The quantitative estimate of drug-likeness (QED) is 0.844. The van der Waals surface area contributed by atoms with Crippen molar-refractivity contribution in [3.05, 3.63) is 24.3 Å². The van der Waals surface area contributed by atoms with Gasteiger partial charge in [-0.3, -0.25) is 4.79 Å². The van der Waals surface area contributed by atoms with Gasteiger partial charge in [-0.1, -0.05) is 0 Å². The number of hydrogen-bond donors (Lipinski definition) is 1. The Kier molecular flexibility index (Phi) is 5.71. The monoisotopic (exact) mass is 323 g/mol. The highest BCUT2D eigenvalue weighted by molar-refractivity contribution is 7.98.